The second kappa shape index (κ2) is 6.64. The molecule has 0 N–H and O–H groups in total. The van der Waals surface area contributed by atoms with Crippen LogP contribution in [0, 0.1) is 22.7 Å². The monoisotopic (exact) mass is 370 g/mol. The minimum absolute atomic E-state index is 0.303. The summed E-state index contributed by atoms with van der Waals surface area (Å²) in [6.45, 7) is 0. The molecule has 0 atom stereocenters. The van der Waals surface area contributed by atoms with Crippen LogP contribution in [0.1, 0.15) is 11.3 Å². The van der Waals surface area contributed by atoms with E-state index >= 15 is 0 Å². The Morgan fingerprint density at radius 3 is 1.97 bits per heavy atom. The fourth-order valence-corrected chi connectivity index (χ4v) is 3.90. The Morgan fingerprint density at radius 2 is 1.31 bits per heavy atom. The van der Waals surface area contributed by atoms with E-state index in [1.54, 1.807) is 6.07 Å². The Balaban J connectivity index is 1.91. The number of fused-ring (bicyclic) bond motifs is 3. The third-order valence-electron chi connectivity index (χ3n) is 5.14. The molecule has 0 fully saturated rings. The van der Waals surface area contributed by atoms with Crippen molar-refractivity contribution in [2.75, 3.05) is 0 Å². The smallest absolute Gasteiger partial charge is 0.148 e. The molecule has 0 aliphatic carbocycles. The van der Waals surface area contributed by atoms with Crippen LogP contribution in [0.2, 0.25) is 0 Å². The molecule has 0 radical (unpaired) electrons. The van der Waals surface area contributed by atoms with Crippen molar-refractivity contribution >= 4 is 21.8 Å². The number of nitriles is 2. The van der Waals surface area contributed by atoms with Gasteiger partial charge in [0.1, 0.15) is 17.8 Å². The predicted octanol–water partition coefficient (Wildman–Crippen LogP) is 5.59. The maximum atomic E-state index is 9.61. The van der Waals surface area contributed by atoms with Crippen molar-refractivity contribution < 1.29 is 0 Å². The Kier molecular flexibility index (Phi) is 3.83. The summed E-state index contributed by atoms with van der Waals surface area (Å²) in [4.78, 5) is 4.20. The highest BCUT2D eigenvalue weighted by Gasteiger charge is 2.17. The Labute approximate surface area is 167 Å². The quantitative estimate of drug-likeness (QED) is 0.407. The van der Waals surface area contributed by atoms with Crippen molar-refractivity contribution in [3.8, 4) is 29.0 Å². The zero-order valence-corrected chi connectivity index (χ0v) is 15.4. The average molecular weight is 370 g/mol. The van der Waals surface area contributed by atoms with Gasteiger partial charge in [-0.15, -0.1) is 0 Å². The van der Waals surface area contributed by atoms with Crippen LogP contribution >= 0.6 is 0 Å². The lowest BCUT2D eigenvalue weighted by Crippen LogP contribution is -1.99. The van der Waals surface area contributed by atoms with E-state index in [2.05, 4.69) is 46.0 Å². The summed E-state index contributed by atoms with van der Waals surface area (Å²) in [5.74, 6) is 0. The van der Waals surface area contributed by atoms with Gasteiger partial charge in [-0.3, -0.25) is 0 Å². The van der Waals surface area contributed by atoms with Gasteiger partial charge in [-0.1, -0.05) is 54.6 Å². The van der Waals surface area contributed by atoms with E-state index in [9.17, 15) is 10.5 Å². The molecule has 2 heterocycles. The molecule has 3 aromatic carbocycles. The van der Waals surface area contributed by atoms with Crippen LogP contribution in [0.25, 0.3) is 38.6 Å². The summed E-state index contributed by atoms with van der Waals surface area (Å²) in [7, 11) is 0. The molecular formula is C25H14N4. The highest BCUT2D eigenvalue weighted by molar-refractivity contribution is 6.09. The predicted molar refractivity (Wildman–Crippen MR) is 113 cm³/mol. The Morgan fingerprint density at radius 1 is 0.690 bits per heavy atom. The number of nitrogens with zero attached hydrogens (tertiary/aromatic N) is 4. The maximum Gasteiger partial charge on any atom is 0.148 e. The Hall–Kier alpha value is -4.41. The molecule has 0 saturated heterocycles. The van der Waals surface area contributed by atoms with Crippen LogP contribution in [0.15, 0.2) is 85.1 Å². The SMILES string of the molecule is N#Cc1cnc(C#N)c(-c2ccccc2-n2c3ccccc3c3ccccc32)c1. The summed E-state index contributed by atoms with van der Waals surface area (Å²) >= 11 is 0. The van der Waals surface area contributed by atoms with Crippen LogP contribution in [-0.2, 0) is 0 Å². The lowest BCUT2D eigenvalue weighted by atomic mass is 10.0. The summed E-state index contributed by atoms with van der Waals surface area (Å²) in [6, 6.07) is 30.5. The molecule has 0 bridgehead atoms. The number of hydrogen-bond acceptors (Lipinski definition) is 3. The molecule has 2 aromatic heterocycles. The van der Waals surface area contributed by atoms with E-state index in [4.69, 9.17) is 0 Å². The first-order valence-electron chi connectivity index (χ1n) is 9.20. The summed E-state index contributed by atoms with van der Waals surface area (Å²) < 4.78 is 2.21. The highest BCUT2D eigenvalue weighted by Crippen LogP contribution is 2.36. The van der Waals surface area contributed by atoms with Crippen LogP contribution in [-0.4, -0.2) is 9.55 Å². The van der Waals surface area contributed by atoms with Crippen molar-refractivity contribution in [2.45, 2.75) is 0 Å². The lowest BCUT2D eigenvalue weighted by molar-refractivity contribution is 1.17. The fourth-order valence-electron chi connectivity index (χ4n) is 3.90. The maximum absolute atomic E-state index is 9.61. The van der Waals surface area contributed by atoms with E-state index in [1.807, 2.05) is 48.5 Å². The van der Waals surface area contributed by atoms with Crippen LogP contribution in [0.5, 0.6) is 0 Å². The van der Waals surface area contributed by atoms with Gasteiger partial charge in [0.2, 0.25) is 0 Å². The largest absolute Gasteiger partial charge is 0.309 e. The zero-order chi connectivity index (χ0) is 19.8. The topological polar surface area (TPSA) is 65.4 Å². The van der Waals surface area contributed by atoms with Crippen molar-refractivity contribution in [2.24, 2.45) is 0 Å². The number of hydrogen-bond donors (Lipinski definition) is 0. The van der Waals surface area contributed by atoms with E-state index < -0.39 is 0 Å². The molecule has 134 valence electrons. The number of aromatic nitrogens is 2. The molecule has 0 unspecified atom stereocenters. The van der Waals surface area contributed by atoms with Crippen molar-refractivity contribution in [3.05, 3.63) is 96.3 Å². The number of pyridine rings is 1. The van der Waals surface area contributed by atoms with Gasteiger partial charge < -0.3 is 4.57 Å². The molecule has 4 nitrogen and oxygen atoms in total. The fraction of sp³-hybridized carbons (Fsp3) is 0. The van der Waals surface area contributed by atoms with E-state index in [0.29, 0.717) is 16.8 Å². The van der Waals surface area contributed by atoms with Crippen LogP contribution < -0.4 is 0 Å². The Bertz CT molecular complexity index is 1430. The highest BCUT2D eigenvalue weighted by atomic mass is 15.0. The van der Waals surface area contributed by atoms with Gasteiger partial charge in [0.05, 0.1) is 22.3 Å². The lowest BCUT2D eigenvalue weighted by Gasteiger charge is -2.14. The number of benzene rings is 3. The van der Waals surface area contributed by atoms with Crippen molar-refractivity contribution in [3.63, 3.8) is 0 Å². The third kappa shape index (κ3) is 2.56. The molecule has 29 heavy (non-hydrogen) atoms. The van der Waals surface area contributed by atoms with Gasteiger partial charge in [-0.2, -0.15) is 10.5 Å². The average Bonchev–Trinajstić information content (AvgIpc) is 3.13. The first-order chi connectivity index (χ1) is 14.3. The molecule has 0 spiro atoms. The molecule has 0 saturated carbocycles. The van der Waals surface area contributed by atoms with Crippen molar-refractivity contribution in [1.29, 1.82) is 10.5 Å². The van der Waals surface area contributed by atoms with Gasteiger partial charge in [0.25, 0.3) is 0 Å². The van der Waals surface area contributed by atoms with E-state index in [0.717, 1.165) is 22.3 Å². The summed E-state index contributed by atoms with van der Waals surface area (Å²) in [5.41, 5.74) is 5.36. The summed E-state index contributed by atoms with van der Waals surface area (Å²) in [5, 5.41) is 21.3. The van der Waals surface area contributed by atoms with Gasteiger partial charge in [0, 0.05) is 28.1 Å². The molecule has 5 rings (SSSR count). The van der Waals surface area contributed by atoms with Gasteiger partial charge in [-0.25, -0.2) is 4.98 Å². The molecule has 4 heteroatoms. The van der Waals surface area contributed by atoms with Gasteiger partial charge in [-0.05, 0) is 24.3 Å². The second-order valence-electron chi connectivity index (χ2n) is 6.73. The van der Waals surface area contributed by atoms with Gasteiger partial charge >= 0.3 is 0 Å². The number of para-hydroxylation sites is 3. The molecular weight excluding hydrogens is 356 g/mol. The number of rotatable bonds is 2. The third-order valence-corrected chi connectivity index (χ3v) is 5.14. The molecule has 0 amide bonds. The molecule has 0 aliphatic rings. The van der Waals surface area contributed by atoms with E-state index in [1.165, 1.54) is 17.0 Å². The molecule has 5 aromatic rings. The van der Waals surface area contributed by atoms with Gasteiger partial charge in [0.15, 0.2) is 0 Å². The first kappa shape index (κ1) is 16.7. The summed E-state index contributed by atoms with van der Waals surface area (Å²) in [6.07, 6.45) is 1.44. The van der Waals surface area contributed by atoms with Crippen LogP contribution in [0.4, 0.5) is 0 Å². The van der Waals surface area contributed by atoms with Crippen LogP contribution in [0.3, 0.4) is 0 Å². The first-order valence-corrected chi connectivity index (χ1v) is 9.20. The second-order valence-corrected chi connectivity index (χ2v) is 6.73. The molecule has 0 aliphatic heterocycles. The standard InChI is InChI=1S/C25H14N4/c26-14-17-13-21(22(15-27)28-16-17)20-9-3-6-12-25(20)29-23-10-4-1-7-18(23)19-8-2-5-11-24(19)29/h1-13,16H. The van der Waals surface area contributed by atoms with E-state index in [-0.39, 0.29) is 0 Å². The minimum Gasteiger partial charge on any atom is -0.309 e. The van der Waals surface area contributed by atoms with Crippen molar-refractivity contribution in [1.82, 2.24) is 9.55 Å². The minimum atomic E-state index is 0.303. The zero-order valence-electron chi connectivity index (χ0n) is 15.4. The normalized spacial score (nSPS) is 10.7.